The molecule has 0 aromatic heterocycles. The first-order valence-corrected chi connectivity index (χ1v) is 7.20. The van der Waals surface area contributed by atoms with Gasteiger partial charge in [0, 0.05) is 29.9 Å². The van der Waals surface area contributed by atoms with Gasteiger partial charge in [0.05, 0.1) is 0 Å². The highest BCUT2D eigenvalue weighted by atomic mass is 19.1. The summed E-state index contributed by atoms with van der Waals surface area (Å²) in [5.41, 5.74) is 8.63. The number of rotatable bonds is 3. The van der Waals surface area contributed by atoms with Crippen LogP contribution in [-0.4, -0.2) is 12.1 Å². The molecule has 0 saturated heterocycles. The fourth-order valence-corrected chi connectivity index (χ4v) is 3.35. The molecule has 19 heavy (non-hydrogen) atoms. The third kappa shape index (κ3) is 2.48. The van der Waals surface area contributed by atoms with E-state index < -0.39 is 0 Å². The second kappa shape index (κ2) is 5.12. The molecule has 0 amide bonds. The number of halogens is 1. The van der Waals surface area contributed by atoms with Crippen molar-refractivity contribution >= 4 is 5.69 Å². The van der Waals surface area contributed by atoms with Gasteiger partial charge in [-0.15, -0.1) is 0 Å². The lowest BCUT2D eigenvalue weighted by Gasteiger charge is -2.47. The van der Waals surface area contributed by atoms with E-state index in [1.165, 1.54) is 5.56 Å². The van der Waals surface area contributed by atoms with Crippen molar-refractivity contribution in [3.63, 3.8) is 0 Å². The Morgan fingerprint density at radius 2 is 2.11 bits per heavy atom. The van der Waals surface area contributed by atoms with E-state index in [4.69, 9.17) is 5.73 Å². The van der Waals surface area contributed by atoms with E-state index in [2.05, 4.69) is 32.6 Å². The van der Waals surface area contributed by atoms with Gasteiger partial charge in [0.25, 0.3) is 0 Å². The Morgan fingerprint density at radius 1 is 1.42 bits per heavy atom. The Labute approximate surface area is 115 Å². The van der Waals surface area contributed by atoms with Gasteiger partial charge in [-0.25, -0.2) is 4.39 Å². The van der Waals surface area contributed by atoms with E-state index >= 15 is 0 Å². The van der Waals surface area contributed by atoms with E-state index in [9.17, 15) is 4.39 Å². The number of benzene rings is 1. The van der Waals surface area contributed by atoms with Crippen molar-refractivity contribution in [3.8, 4) is 0 Å². The minimum Gasteiger partial charge on any atom is -0.366 e. The number of hydrogen-bond donors (Lipinski definition) is 1. The molecule has 0 radical (unpaired) electrons. The molecule has 0 spiro atoms. The molecule has 0 fully saturated rings. The van der Waals surface area contributed by atoms with E-state index in [1.807, 2.05) is 6.07 Å². The van der Waals surface area contributed by atoms with Crippen LogP contribution >= 0.6 is 0 Å². The van der Waals surface area contributed by atoms with Crippen molar-refractivity contribution in [3.05, 3.63) is 29.1 Å². The Hall–Kier alpha value is -1.09. The first-order valence-electron chi connectivity index (χ1n) is 7.20. The quantitative estimate of drug-likeness (QED) is 0.900. The maximum Gasteiger partial charge on any atom is 0.129 e. The highest BCUT2D eigenvalue weighted by molar-refractivity contribution is 5.61. The number of nitrogens with zero attached hydrogens (tertiary/aromatic N) is 1. The van der Waals surface area contributed by atoms with Gasteiger partial charge in [-0.2, -0.15) is 0 Å². The normalized spacial score (nSPS) is 21.4. The van der Waals surface area contributed by atoms with Crippen molar-refractivity contribution in [1.29, 1.82) is 0 Å². The summed E-state index contributed by atoms with van der Waals surface area (Å²) >= 11 is 0. The highest BCUT2D eigenvalue weighted by Crippen LogP contribution is 2.44. The van der Waals surface area contributed by atoms with E-state index in [0.29, 0.717) is 11.5 Å². The minimum absolute atomic E-state index is 0.0824. The molecule has 1 aliphatic heterocycles. The van der Waals surface area contributed by atoms with Crippen LogP contribution in [0.3, 0.4) is 0 Å². The minimum atomic E-state index is -0.174. The van der Waals surface area contributed by atoms with Crippen LogP contribution in [0.4, 0.5) is 10.1 Å². The van der Waals surface area contributed by atoms with Gasteiger partial charge in [-0.05, 0) is 50.3 Å². The molecule has 0 aliphatic carbocycles. The fraction of sp³-hybridized carbons (Fsp3) is 0.625. The Kier molecular flexibility index (Phi) is 3.86. The lowest BCUT2D eigenvalue weighted by atomic mass is 9.79. The maximum atomic E-state index is 14.1. The lowest BCUT2D eigenvalue weighted by molar-refractivity contribution is 0.375. The zero-order valence-electron chi connectivity index (χ0n) is 12.5. The molecular formula is C16H25FN2. The number of anilines is 1. The topological polar surface area (TPSA) is 29.3 Å². The van der Waals surface area contributed by atoms with Crippen LogP contribution < -0.4 is 10.6 Å². The summed E-state index contributed by atoms with van der Waals surface area (Å²) in [6.45, 7) is 10.1. The first-order chi connectivity index (χ1) is 8.90. The lowest BCUT2D eigenvalue weighted by Crippen LogP contribution is -2.48. The Bertz CT molecular complexity index is 468. The van der Waals surface area contributed by atoms with Gasteiger partial charge in [-0.1, -0.05) is 13.8 Å². The average molecular weight is 264 g/mol. The summed E-state index contributed by atoms with van der Waals surface area (Å²) in [5, 5.41) is 0. The third-order valence-corrected chi connectivity index (χ3v) is 4.22. The molecule has 0 unspecified atom stereocenters. The predicted molar refractivity (Wildman–Crippen MR) is 79.0 cm³/mol. The van der Waals surface area contributed by atoms with E-state index in [0.717, 1.165) is 25.1 Å². The van der Waals surface area contributed by atoms with Crippen LogP contribution in [0, 0.1) is 5.82 Å². The Balaban J connectivity index is 2.55. The van der Waals surface area contributed by atoms with Crippen LogP contribution in [0.1, 0.15) is 57.6 Å². The van der Waals surface area contributed by atoms with Gasteiger partial charge in [0.2, 0.25) is 0 Å². The standard InChI is InChI=1S/C16H25FN2/c1-5-6-19-15-8-14(17)12(10-18)7-13(15)11(2)9-16(19,3)4/h7-8,11H,5-6,9-10,18H2,1-4H3/t11-/m1/s1. The van der Waals surface area contributed by atoms with Crippen molar-refractivity contribution in [2.75, 3.05) is 11.4 Å². The molecule has 106 valence electrons. The number of hydrogen-bond acceptors (Lipinski definition) is 2. The fourth-order valence-electron chi connectivity index (χ4n) is 3.35. The molecule has 1 aromatic carbocycles. The van der Waals surface area contributed by atoms with E-state index in [-0.39, 0.29) is 17.9 Å². The van der Waals surface area contributed by atoms with Crippen molar-refractivity contribution in [2.45, 2.75) is 58.5 Å². The van der Waals surface area contributed by atoms with Crippen molar-refractivity contribution in [2.24, 2.45) is 5.73 Å². The van der Waals surface area contributed by atoms with Crippen LogP contribution in [-0.2, 0) is 6.54 Å². The van der Waals surface area contributed by atoms with Gasteiger partial charge < -0.3 is 10.6 Å². The average Bonchev–Trinajstić information content (AvgIpc) is 2.33. The molecule has 1 aromatic rings. The van der Waals surface area contributed by atoms with Gasteiger partial charge in [-0.3, -0.25) is 0 Å². The smallest absolute Gasteiger partial charge is 0.129 e. The zero-order valence-corrected chi connectivity index (χ0v) is 12.5. The molecule has 1 atom stereocenters. The molecule has 1 aliphatic rings. The molecule has 0 saturated carbocycles. The van der Waals surface area contributed by atoms with Crippen molar-refractivity contribution in [1.82, 2.24) is 0 Å². The zero-order chi connectivity index (χ0) is 14.2. The predicted octanol–water partition coefficient (Wildman–Crippen LogP) is 3.79. The molecule has 2 N–H and O–H groups in total. The monoisotopic (exact) mass is 264 g/mol. The summed E-state index contributed by atoms with van der Waals surface area (Å²) in [4.78, 5) is 2.35. The molecule has 0 bridgehead atoms. The van der Waals surface area contributed by atoms with Crippen LogP contribution in [0.15, 0.2) is 12.1 Å². The number of nitrogens with two attached hydrogens (primary N) is 1. The Morgan fingerprint density at radius 3 is 2.68 bits per heavy atom. The van der Waals surface area contributed by atoms with Crippen LogP contribution in [0.25, 0.3) is 0 Å². The van der Waals surface area contributed by atoms with Crippen LogP contribution in [0.2, 0.25) is 0 Å². The summed E-state index contributed by atoms with van der Waals surface area (Å²) in [7, 11) is 0. The van der Waals surface area contributed by atoms with Crippen molar-refractivity contribution < 1.29 is 4.39 Å². The van der Waals surface area contributed by atoms with E-state index in [1.54, 1.807) is 6.07 Å². The van der Waals surface area contributed by atoms with Gasteiger partial charge in [0.15, 0.2) is 0 Å². The molecule has 2 rings (SSSR count). The molecule has 3 heteroatoms. The first kappa shape index (κ1) is 14.3. The molecular weight excluding hydrogens is 239 g/mol. The largest absolute Gasteiger partial charge is 0.366 e. The number of fused-ring (bicyclic) bond motifs is 1. The molecule has 1 heterocycles. The maximum absolute atomic E-state index is 14.1. The summed E-state index contributed by atoms with van der Waals surface area (Å²) < 4.78 is 14.1. The highest BCUT2D eigenvalue weighted by Gasteiger charge is 2.36. The summed E-state index contributed by atoms with van der Waals surface area (Å²) in [5.74, 6) is 0.274. The summed E-state index contributed by atoms with van der Waals surface area (Å²) in [6, 6.07) is 3.65. The SMILES string of the molecule is CCCN1c2cc(F)c(CN)cc2[C@H](C)CC1(C)C. The molecule has 2 nitrogen and oxygen atoms in total. The third-order valence-electron chi connectivity index (χ3n) is 4.22. The van der Waals surface area contributed by atoms with Crippen LogP contribution in [0.5, 0.6) is 0 Å². The summed E-state index contributed by atoms with van der Waals surface area (Å²) in [6.07, 6.45) is 2.16. The van der Waals surface area contributed by atoms with Gasteiger partial charge in [0.1, 0.15) is 5.82 Å². The second-order valence-corrected chi connectivity index (χ2v) is 6.28. The van der Waals surface area contributed by atoms with Gasteiger partial charge >= 0.3 is 0 Å². The second-order valence-electron chi connectivity index (χ2n) is 6.28.